The van der Waals surface area contributed by atoms with Crippen molar-refractivity contribution < 1.29 is 5.11 Å². The molecule has 0 spiro atoms. The molecule has 0 saturated heterocycles. The molecule has 2 rings (SSSR count). The predicted octanol–water partition coefficient (Wildman–Crippen LogP) is 3.19. The summed E-state index contributed by atoms with van der Waals surface area (Å²) in [5.41, 5.74) is 3.45. The van der Waals surface area contributed by atoms with Crippen LogP contribution < -0.4 is 0 Å². The lowest BCUT2D eigenvalue weighted by Crippen LogP contribution is -1.93. The van der Waals surface area contributed by atoms with Crippen LogP contribution in [0.3, 0.4) is 0 Å². The molecule has 1 aromatic rings. The summed E-state index contributed by atoms with van der Waals surface area (Å²) >= 11 is 6.10. The maximum atomic E-state index is 9.40. The highest BCUT2D eigenvalue weighted by Gasteiger charge is 2.16. The average molecular weight is 209 g/mol. The van der Waals surface area contributed by atoms with Crippen LogP contribution in [0.25, 0.3) is 5.57 Å². The Bertz CT molecular complexity index is 382. The van der Waals surface area contributed by atoms with E-state index in [9.17, 15) is 5.11 Å². The van der Waals surface area contributed by atoms with Gasteiger partial charge in [-0.3, -0.25) is 0 Å². The molecule has 1 atom stereocenters. The van der Waals surface area contributed by atoms with Crippen LogP contribution in [-0.2, 0) is 0 Å². The van der Waals surface area contributed by atoms with Gasteiger partial charge in [-0.25, -0.2) is 0 Å². The Kier molecular flexibility index (Phi) is 2.62. The summed E-state index contributed by atoms with van der Waals surface area (Å²) in [5, 5.41) is 10.2. The molecule has 74 valence electrons. The molecular weight excluding hydrogens is 196 g/mol. The van der Waals surface area contributed by atoms with Gasteiger partial charge in [-0.05, 0) is 37.0 Å². The van der Waals surface area contributed by atoms with E-state index in [4.69, 9.17) is 11.6 Å². The number of rotatable bonds is 1. The molecular formula is C12H13ClO. The second-order valence-electron chi connectivity index (χ2n) is 3.78. The zero-order valence-electron chi connectivity index (χ0n) is 8.13. The largest absolute Gasteiger partial charge is 0.389 e. The quantitative estimate of drug-likeness (QED) is 0.752. The van der Waals surface area contributed by atoms with Crippen molar-refractivity contribution in [3.8, 4) is 0 Å². The Balaban J connectivity index is 2.41. The summed E-state index contributed by atoms with van der Waals surface area (Å²) in [6.07, 6.45) is 3.35. The molecule has 1 nitrogen and oxygen atoms in total. The van der Waals surface area contributed by atoms with Crippen molar-refractivity contribution in [1.82, 2.24) is 0 Å². The third-order valence-corrected chi connectivity index (χ3v) is 2.90. The zero-order valence-corrected chi connectivity index (χ0v) is 8.88. The monoisotopic (exact) mass is 208 g/mol. The standard InChI is InChI=1S/C12H13ClO/c1-8-2-5-12(13)11(6-8)9-3-4-10(14)7-9/h2,5-7,10,14H,3-4H2,1H3. The minimum absolute atomic E-state index is 0.290. The van der Waals surface area contributed by atoms with Crippen molar-refractivity contribution in [2.24, 2.45) is 0 Å². The number of allylic oxidation sites excluding steroid dienone is 1. The third kappa shape index (κ3) is 1.84. The Morgan fingerprint density at radius 3 is 2.86 bits per heavy atom. The van der Waals surface area contributed by atoms with Gasteiger partial charge in [-0.1, -0.05) is 35.4 Å². The maximum absolute atomic E-state index is 9.40. The van der Waals surface area contributed by atoms with Crippen molar-refractivity contribution in [1.29, 1.82) is 0 Å². The van der Waals surface area contributed by atoms with E-state index in [0.717, 1.165) is 23.4 Å². The van der Waals surface area contributed by atoms with Gasteiger partial charge in [0.1, 0.15) is 0 Å². The zero-order chi connectivity index (χ0) is 10.1. The first kappa shape index (κ1) is 9.75. The van der Waals surface area contributed by atoms with E-state index < -0.39 is 0 Å². The second-order valence-corrected chi connectivity index (χ2v) is 4.19. The number of halogens is 1. The SMILES string of the molecule is Cc1ccc(Cl)c(C2=CC(O)CC2)c1. The van der Waals surface area contributed by atoms with Crippen LogP contribution in [0.15, 0.2) is 24.3 Å². The van der Waals surface area contributed by atoms with Gasteiger partial charge in [-0.15, -0.1) is 0 Å². The number of aryl methyl sites for hydroxylation is 1. The van der Waals surface area contributed by atoms with E-state index in [0.29, 0.717) is 0 Å². The Labute approximate surface area is 89.0 Å². The van der Waals surface area contributed by atoms with Gasteiger partial charge >= 0.3 is 0 Å². The lowest BCUT2D eigenvalue weighted by molar-refractivity contribution is 0.223. The minimum atomic E-state index is -0.290. The molecule has 1 aliphatic carbocycles. The molecule has 1 aliphatic rings. The number of aliphatic hydroxyl groups excluding tert-OH is 1. The molecule has 0 saturated carbocycles. The van der Waals surface area contributed by atoms with Crippen molar-refractivity contribution in [2.75, 3.05) is 0 Å². The van der Waals surface area contributed by atoms with Gasteiger partial charge in [-0.2, -0.15) is 0 Å². The summed E-state index contributed by atoms with van der Waals surface area (Å²) in [6, 6.07) is 5.99. The molecule has 0 amide bonds. The Hall–Kier alpha value is -0.790. The molecule has 0 fully saturated rings. The average Bonchev–Trinajstić information content (AvgIpc) is 2.56. The lowest BCUT2D eigenvalue weighted by Gasteiger charge is -2.05. The highest BCUT2D eigenvalue weighted by atomic mass is 35.5. The van der Waals surface area contributed by atoms with Crippen molar-refractivity contribution in [3.63, 3.8) is 0 Å². The van der Waals surface area contributed by atoms with Crippen molar-refractivity contribution in [3.05, 3.63) is 40.4 Å². The van der Waals surface area contributed by atoms with Gasteiger partial charge in [0.25, 0.3) is 0 Å². The van der Waals surface area contributed by atoms with E-state index in [1.807, 2.05) is 25.1 Å². The predicted molar refractivity (Wildman–Crippen MR) is 59.4 cm³/mol. The first-order valence-corrected chi connectivity index (χ1v) is 5.20. The van der Waals surface area contributed by atoms with Crippen LogP contribution >= 0.6 is 11.6 Å². The molecule has 0 aliphatic heterocycles. The van der Waals surface area contributed by atoms with Crippen LogP contribution in [0.2, 0.25) is 5.02 Å². The molecule has 2 heteroatoms. The van der Waals surface area contributed by atoms with Crippen LogP contribution in [-0.4, -0.2) is 11.2 Å². The van der Waals surface area contributed by atoms with Crippen LogP contribution in [0.4, 0.5) is 0 Å². The maximum Gasteiger partial charge on any atom is 0.0730 e. The van der Waals surface area contributed by atoms with E-state index in [1.165, 1.54) is 11.1 Å². The Morgan fingerprint density at radius 2 is 2.21 bits per heavy atom. The first-order valence-electron chi connectivity index (χ1n) is 4.82. The summed E-state index contributed by atoms with van der Waals surface area (Å²) in [7, 11) is 0. The van der Waals surface area contributed by atoms with E-state index in [-0.39, 0.29) is 6.10 Å². The van der Waals surface area contributed by atoms with E-state index in [1.54, 1.807) is 0 Å². The second kappa shape index (κ2) is 3.76. The number of hydrogen-bond donors (Lipinski definition) is 1. The number of hydrogen-bond acceptors (Lipinski definition) is 1. The highest BCUT2D eigenvalue weighted by Crippen LogP contribution is 2.32. The van der Waals surface area contributed by atoms with Gasteiger partial charge in [0.2, 0.25) is 0 Å². The number of aliphatic hydroxyl groups is 1. The van der Waals surface area contributed by atoms with E-state index >= 15 is 0 Å². The third-order valence-electron chi connectivity index (χ3n) is 2.57. The molecule has 0 heterocycles. The lowest BCUT2D eigenvalue weighted by atomic mass is 10.0. The molecule has 0 radical (unpaired) electrons. The fourth-order valence-electron chi connectivity index (χ4n) is 1.81. The summed E-state index contributed by atoms with van der Waals surface area (Å²) in [4.78, 5) is 0. The van der Waals surface area contributed by atoms with Crippen LogP contribution in [0.5, 0.6) is 0 Å². The summed E-state index contributed by atoms with van der Waals surface area (Å²) < 4.78 is 0. The first-order chi connectivity index (χ1) is 6.66. The molecule has 1 unspecified atom stereocenters. The molecule has 1 aromatic carbocycles. The Morgan fingerprint density at radius 1 is 1.43 bits per heavy atom. The summed E-state index contributed by atoms with van der Waals surface area (Å²) in [6.45, 7) is 2.05. The van der Waals surface area contributed by atoms with E-state index in [2.05, 4.69) is 6.07 Å². The fraction of sp³-hybridized carbons (Fsp3) is 0.333. The molecule has 1 N–H and O–H groups in total. The molecule has 0 aromatic heterocycles. The normalized spacial score (nSPS) is 21.1. The van der Waals surface area contributed by atoms with Gasteiger partial charge in [0, 0.05) is 5.02 Å². The molecule has 0 bridgehead atoms. The van der Waals surface area contributed by atoms with Gasteiger partial charge in [0.05, 0.1) is 6.10 Å². The highest BCUT2D eigenvalue weighted by molar-refractivity contribution is 6.32. The van der Waals surface area contributed by atoms with Crippen LogP contribution in [0, 0.1) is 6.92 Å². The van der Waals surface area contributed by atoms with Gasteiger partial charge in [0.15, 0.2) is 0 Å². The summed E-state index contributed by atoms with van der Waals surface area (Å²) in [5.74, 6) is 0. The van der Waals surface area contributed by atoms with Crippen molar-refractivity contribution in [2.45, 2.75) is 25.9 Å². The van der Waals surface area contributed by atoms with Gasteiger partial charge < -0.3 is 5.11 Å². The number of benzene rings is 1. The minimum Gasteiger partial charge on any atom is -0.389 e. The van der Waals surface area contributed by atoms with Crippen molar-refractivity contribution >= 4 is 17.2 Å². The topological polar surface area (TPSA) is 20.2 Å². The fourth-order valence-corrected chi connectivity index (χ4v) is 2.05. The van der Waals surface area contributed by atoms with Crippen LogP contribution in [0.1, 0.15) is 24.0 Å². The molecule has 14 heavy (non-hydrogen) atoms. The smallest absolute Gasteiger partial charge is 0.0730 e.